The van der Waals surface area contributed by atoms with Crippen molar-refractivity contribution in [3.05, 3.63) is 0 Å². The molecular formula is C9H19NO4S. The molecule has 0 radical (unpaired) electrons. The monoisotopic (exact) mass is 237 g/mol. The molecule has 0 spiro atoms. The highest BCUT2D eigenvalue weighted by molar-refractivity contribution is 7.90. The van der Waals surface area contributed by atoms with Crippen molar-refractivity contribution in [1.82, 2.24) is 4.90 Å². The number of carbonyl (C=O) groups is 1. The van der Waals surface area contributed by atoms with Crippen molar-refractivity contribution in [2.45, 2.75) is 19.4 Å². The highest BCUT2D eigenvalue weighted by Gasteiger charge is 2.15. The van der Waals surface area contributed by atoms with E-state index in [9.17, 15) is 13.2 Å². The van der Waals surface area contributed by atoms with E-state index in [1.165, 1.54) is 13.4 Å². The summed E-state index contributed by atoms with van der Waals surface area (Å²) in [5.41, 5.74) is 0. The fourth-order valence-corrected chi connectivity index (χ4v) is 1.63. The molecule has 0 aliphatic rings. The first-order valence-corrected chi connectivity index (χ1v) is 6.77. The molecule has 90 valence electrons. The molecule has 6 heteroatoms. The predicted molar refractivity (Wildman–Crippen MR) is 58.4 cm³/mol. The summed E-state index contributed by atoms with van der Waals surface area (Å²) in [5.74, 6) is -0.177. The SMILES string of the molecule is COC(=O)CC(C)N(C)CCS(C)(=O)=O. The Morgan fingerprint density at radius 2 is 2.00 bits per heavy atom. The number of nitrogens with zero attached hydrogens (tertiary/aromatic N) is 1. The minimum Gasteiger partial charge on any atom is -0.469 e. The van der Waals surface area contributed by atoms with Gasteiger partial charge in [0.05, 0.1) is 19.3 Å². The van der Waals surface area contributed by atoms with Gasteiger partial charge in [-0.25, -0.2) is 8.42 Å². The minimum absolute atomic E-state index is 0.0146. The van der Waals surface area contributed by atoms with Crippen LogP contribution in [0.25, 0.3) is 0 Å². The summed E-state index contributed by atoms with van der Waals surface area (Å²) < 4.78 is 26.4. The van der Waals surface area contributed by atoms with Gasteiger partial charge < -0.3 is 9.64 Å². The molecular weight excluding hydrogens is 218 g/mol. The second kappa shape index (κ2) is 6.07. The third-order valence-corrected chi connectivity index (χ3v) is 3.18. The van der Waals surface area contributed by atoms with Gasteiger partial charge in [0.25, 0.3) is 0 Å². The number of sulfone groups is 1. The molecule has 0 aliphatic carbocycles. The number of methoxy groups -OCH3 is 1. The van der Waals surface area contributed by atoms with E-state index in [1.807, 2.05) is 11.8 Å². The van der Waals surface area contributed by atoms with E-state index in [1.54, 1.807) is 7.05 Å². The first-order chi connectivity index (χ1) is 6.76. The normalized spacial score (nSPS) is 13.9. The predicted octanol–water partition coefficient (Wildman–Crippen LogP) is -0.0856. The zero-order chi connectivity index (χ0) is 12.1. The average Bonchev–Trinajstić information content (AvgIpc) is 2.12. The number of carbonyl (C=O) groups excluding carboxylic acids is 1. The molecule has 0 aromatic carbocycles. The third kappa shape index (κ3) is 7.33. The van der Waals surface area contributed by atoms with Gasteiger partial charge in [-0.05, 0) is 14.0 Å². The lowest BCUT2D eigenvalue weighted by atomic mass is 10.2. The zero-order valence-electron chi connectivity index (χ0n) is 9.69. The van der Waals surface area contributed by atoms with E-state index < -0.39 is 9.84 Å². The van der Waals surface area contributed by atoms with Crippen LogP contribution in [0.3, 0.4) is 0 Å². The highest BCUT2D eigenvalue weighted by atomic mass is 32.2. The van der Waals surface area contributed by atoms with Gasteiger partial charge in [-0.1, -0.05) is 0 Å². The van der Waals surface area contributed by atoms with Crippen molar-refractivity contribution in [3.63, 3.8) is 0 Å². The Bertz CT molecular complexity index is 299. The van der Waals surface area contributed by atoms with Crippen LogP contribution in [0, 0.1) is 0 Å². The summed E-state index contributed by atoms with van der Waals surface area (Å²) >= 11 is 0. The number of hydrogen-bond acceptors (Lipinski definition) is 5. The Labute approximate surface area is 91.3 Å². The van der Waals surface area contributed by atoms with Crippen molar-refractivity contribution < 1.29 is 17.9 Å². The fraction of sp³-hybridized carbons (Fsp3) is 0.889. The average molecular weight is 237 g/mol. The van der Waals surface area contributed by atoms with Crippen LogP contribution in [0.1, 0.15) is 13.3 Å². The van der Waals surface area contributed by atoms with E-state index in [0.717, 1.165) is 0 Å². The molecule has 0 saturated heterocycles. The van der Waals surface area contributed by atoms with Crippen LogP contribution in [-0.2, 0) is 19.4 Å². The van der Waals surface area contributed by atoms with Crippen LogP contribution < -0.4 is 0 Å². The van der Waals surface area contributed by atoms with Gasteiger partial charge in [-0.3, -0.25) is 4.79 Å². The molecule has 1 atom stereocenters. The molecule has 0 bridgehead atoms. The van der Waals surface area contributed by atoms with Gasteiger partial charge >= 0.3 is 5.97 Å². The molecule has 15 heavy (non-hydrogen) atoms. The lowest BCUT2D eigenvalue weighted by molar-refractivity contribution is -0.141. The largest absolute Gasteiger partial charge is 0.469 e. The summed E-state index contributed by atoms with van der Waals surface area (Å²) in [7, 11) is 0.185. The zero-order valence-corrected chi connectivity index (χ0v) is 10.5. The van der Waals surface area contributed by atoms with Crippen molar-refractivity contribution in [2.75, 3.05) is 32.7 Å². The van der Waals surface area contributed by atoms with Crippen LogP contribution in [0.15, 0.2) is 0 Å². The highest BCUT2D eigenvalue weighted by Crippen LogP contribution is 2.02. The molecule has 0 aliphatic heterocycles. The van der Waals surface area contributed by atoms with Crippen molar-refractivity contribution in [1.29, 1.82) is 0 Å². The summed E-state index contributed by atoms with van der Waals surface area (Å²) in [6.07, 6.45) is 1.47. The van der Waals surface area contributed by atoms with E-state index in [2.05, 4.69) is 4.74 Å². The standard InChI is InChI=1S/C9H19NO4S/c1-8(7-9(11)14-3)10(2)5-6-15(4,12)13/h8H,5-7H2,1-4H3. The maximum absolute atomic E-state index is 11.0. The Balaban J connectivity index is 3.99. The second-order valence-electron chi connectivity index (χ2n) is 3.74. The van der Waals surface area contributed by atoms with E-state index >= 15 is 0 Å². The van der Waals surface area contributed by atoms with E-state index in [0.29, 0.717) is 6.54 Å². The Morgan fingerprint density at radius 3 is 2.40 bits per heavy atom. The molecule has 5 nitrogen and oxygen atoms in total. The van der Waals surface area contributed by atoms with Crippen LogP contribution in [0.4, 0.5) is 0 Å². The Kier molecular flexibility index (Phi) is 5.82. The molecule has 0 fully saturated rings. The molecule has 0 amide bonds. The third-order valence-electron chi connectivity index (χ3n) is 2.26. The summed E-state index contributed by atoms with van der Waals surface area (Å²) in [6.45, 7) is 2.29. The van der Waals surface area contributed by atoms with Crippen molar-refractivity contribution in [3.8, 4) is 0 Å². The molecule has 0 rings (SSSR count). The minimum atomic E-state index is -2.94. The molecule has 1 unspecified atom stereocenters. The lowest BCUT2D eigenvalue weighted by Gasteiger charge is -2.23. The molecule has 0 N–H and O–H groups in total. The topological polar surface area (TPSA) is 63.7 Å². The van der Waals surface area contributed by atoms with Crippen LogP contribution in [-0.4, -0.2) is 58.0 Å². The smallest absolute Gasteiger partial charge is 0.307 e. The summed E-state index contributed by atoms with van der Waals surface area (Å²) in [4.78, 5) is 12.8. The number of hydrogen-bond donors (Lipinski definition) is 0. The van der Waals surface area contributed by atoms with Crippen molar-refractivity contribution in [2.24, 2.45) is 0 Å². The van der Waals surface area contributed by atoms with Gasteiger partial charge in [-0.15, -0.1) is 0 Å². The van der Waals surface area contributed by atoms with Gasteiger partial charge in [0.15, 0.2) is 0 Å². The summed E-state index contributed by atoms with van der Waals surface area (Å²) in [6, 6.07) is -0.0146. The van der Waals surface area contributed by atoms with Gasteiger partial charge in [-0.2, -0.15) is 0 Å². The Hall–Kier alpha value is -0.620. The van der Waals surface area contributed by atoms with Crippen LogP contribution in [0.5, 0.6) is 0 Å². The first kappa shape index (κ1) is 14.4. The van der Waals surface area contributed by atoms with Gasteiger partial charge in [0, 0.05) is 18.8 Å². The molecule has 0 aromatic heterocycles. The van der Waals surface area contributed by atoms with Crippen LogP contribution in [0.2, 0.25) is 0 Å². The van der Waals surface area contributed by atoms with Gasteiger partial charge in [0.2, 0.25) is 0 Å². The quantitative estimate of drug-likeness (QED) is 0.604. The maximum Gasteiger partial charge on any atom is 0.307 e. The van der Waals surface area contributed by atoms with Crippen LogP contribution >= 0.6 is 0 Å². The number of rotatable bonds is 6. The molecule has 0 saturated carbocycles. The molecule has 0 aromatic rings. The summed E-state index contributed by atoms with van der Waals surface area (Å²) in [5, 5.41) is 0. The second-order valence-corrected chi connectivity index (χ2v) is 6.00. The maximum atomic E-state index is 11.0. The first-order valence-electron chi connectivity index (χ1n) is 4.71. The lowest BCUT2D eigenvalue weighted by Crippen LogP contribution is -2.34. The fourth-order valence-electron chi connectivity index (χ4n) is 1.01. The van der Waals surface area contributed by atoms with E-state index in [4.69, 9.17) is 0 Å². The Morgan fingerprint density at radius 1 is 1.47 bits per heavy atom. The molecule has 0 heterocycles. The number of ether oxygens (including phenoxy) is 1. The van der Waals surface area contributed by atoms with Crippen molar-refractivity contribution >= 4 is 15.8 Å². The van der Waals surface area contributed by atoms with Gasteiger partial charge in [0.1, 0.15) is 9.84 Å². The number of esters is 1. The van der Waals surface area contributed by atoms with E-state index in [-0.39, 0.29) is 24.2 Å².